The minimum absolute atomic E-state index is 0.478. The molecule has 0 aliphatic carbocycles. The molecule has 0 amide bonds. The first-order valence-electron chi connectivity index (χ1n) is 7.44. The topological polar surface area (TPSA) is 15.3 Å². The Morgan fingerprint density at radius 1 is 1.20 bits per heavy atom. The first-order chi connectivity index (χ1) is 9.54. The first kappa shape index (κ1) is 15.4. The van der Waals surface area contributed by atoms with Crippen molar-refractivity contribution in [2.45, 2.75) is 39.3 Å². The summed E-state index contributed by atoms with van der Waals surface area (Å²) in [5.41, 5.74) is 0.800. The maximum absolute atomic E-state index is 13.1. The summed E-state index contributed by atoms with van der Waals surface area (Å²) in [6.45, 7) is 8.49. The van der Waals surface area contributed by atoms with Gasteiger partial charge in [-0.15, -0.1) is 0 Å². The predicted molar refractivity (Wildman–Crippen MR) is 77.5 cm³/mol. The van der Waals surface area contributed by atoms with E-state index in [0.717, 1.165) is 38.0 Å². The molecule has 1 aliphatic heterocycles. The highest BCUT2D eigenvalue weighted by molar-refractivity contribution is 5.17. The van der Waals surface area contributed by atoms with Crippen molar-refractivity contribution in [1.82, 2.24) is 10.2 Å². The Morgan fingerprint density at radius 3 is 2.50 bits per heavy atom. The van der Waals surface area contributed by atoms with Crippen molar-refractivity contribution < 1.29 is 8.78 Å². The smallest absolute Gasteiger partial charge is 0.159 e. The van der Waals surface area contributed by atoms with Gasteiger partial charge in [-0.1, -0.05) is 19.9 Å². The summed E-state index contributed by atoms with van der Waals surface area (Å²) in [6.07, 6.45) is 2.24. The molecule has 1 aromatic rings. The van der Waals surface area contributed by atoms with Gasteiger partial charge >= 0.3 is 0 Å². The van der Waals surface area contributed by atoms with E-state index >= 15 is 0 Å². The number of likely N-dealkylation sites (tertiary alicyclic amines) is 1. The van der Waals surface area contributed by atoms with Crippen molar-refractivity contribution in [3.05, 3.63) is 35.4 Å². The van der Waals surface area contributed by atoms with E-state index in [9.17, 15) is 8.78 Å². The molecular formula is C16H24F2N2. The largest absolute Gasteiger partial charge is 0.310 e. The molecule has 1 aromatic carbocycles. The third-order valence-electron chi connectivity index (χ3n) is 3.79. The van der Waals surface area contributed by atoms with Gasteiger partial charge in [-0.2, -0.15) is 0 Å². The van der Waals surface area contributed by atoms with Gasteiger partial charge in [-0.05, 0) is 49.5 Å². The Morgan fingerprint density at radius 2 is 1.90 bits per heavy atom. The highest BCUT2D eigenvalue weighted by atomic mass is 19.2. The van der Waals surface area contributed by atoms with E-state index in [1.165, 1.54) is 12.1 Å². The number of piperidine rings is 1. The van der Waals surface area contributed by atoms with Gasteiger partial charge in [-0.3, -0.25) is 0 Å². The zero-order valence-electron chi connectivity index (χ0n) is 12.3. The SMILES string of the molecule is CC(C)CN1CCC(NCc2ccc(F)c(F)c2)CC1. The summed E-state index contributed by atoms with van der Waals surface area (Å²) in [5.74, 6) is -0.839. The number of hydrogen-bond acceptors (Lipinski definition) is 2. The quantitative estimate of drug-likeness (QED) is 0.892. The van der Waals surface area contributed by atoms with Crippen LogP contribution in [0.3, 0.4) is 0 Å². The molecule has 1 saturated heterocycles. The Balaban J connectivity index is 1.74. The lowest BCUT2D eigenvalue weighted by molar-refractivity contribution is 0.179. The van der Waals surface area contributed by atoms with Crippen molar-refractivity contribution in [2.24, 2.45) is 5.92 Å². The van der Waals surface area contributed by atoms with Crippen LogP contribution in [0.25, 0.3) is 0 Å². The number of halogens is 2. The standard InChI is InChI=1S/C16H24F2N2/c1-12(2)11-20-7-5-14(6-8-20)19-10-13-3-4-15(17)16(18)9-13/h3-4,9,12,14,19H,5-8,10-11H2,1-2H3. The highest BCUT2D eigenvalue weighted by Gasteiger charge is 2.19. The van der Waals surface area contributed by atoms with Gasteiger partial charge in [-0.25, -0.2) is 8.78 Å². The van der Waals surface area contributed by atoms with Gasteiger partial charge in [0.05, 0.1) is 0 Å². The lowest BCUT2D eigenvalue weighted by Gasteiger charge is -2.33. The molecule has 0 radical (unpaired) electrons. The van der Waals surface area contributed by atoms with Gasteiger partial charge in [0.1, 0.15) is 0 Å². The highest BCUT2D eigenvalue weighted by Crippen LogP contribution is 2.14. The molecule has 1 heterocycles. The minimum atomic E-state index is -0.782. The van der Waals surface area contributed by atoms with Crippen LogP contribution >= 0.6 is 0 Å². The average Bonchev–Trinajstić information content (AvgIpc) is 2.41. The molecule has 1 aliphatic rings. The molecule has 0 unspecified atom stereocenters. The van der Waals surface area contributed by atoms with E-state index in [0.29, 0.717) is 18.5 Å². The van der Waals surface area contributed by atoms with E-state index in [1.54, 1.807) is 6.07 Å². The van der Waals surface area contributed by atoms with Crippen LogP contribution in [0.1, 0.15) is 32.3 Å². The van der Waals surface area contributed by atoms with Gasteiger partial charge < -0.3 is 10.2 Å². The summed E-state index contributed by atoms with van der Waals surface area (Å²) in [4.78, 5) is 2.50. The van der Waals surface area contributed by atoms with Crippen molar-refractivity contribution in [3.8, 4) is 0 Å². The maximum atomic E-state index is 13.1. The van der Waals surface area contributed by atoms with Gasteiger partial charge in [0.25, 0.3) is 0 Å². The second-order valence-electron chi connectivity index (χ2n) is 6.10. The molecular weight excluding hydrogens is 258 g/mol. The van der Waals surface area contributed by atoms with E-state index in [4.69, 9.17) is 0 Å². The normalized spacial score (nSPS) is 17.9. The fourth-order valence-corrected chi connectivity index (χ4v) is 2.75. The van der Waals surface area contributed by atoms with E-state index in [2.05, 4.69) is 24.1 Å². The minimum Gasteiger partial charge on any atom is -0.310 e. The summed E-state index contributed by atoms with van der Waals surface area (Å²) in [7, 11) is 0. The van der Waals surface area contributed by atoms with Gasteiger partial charge in [0.2, 0.25) is 0 Å². The lowest BCUT2D eigenvalue weighted by Crippen LogP contribution is -2.43. The lowest BCUT2D eigenvalue weighted by atomic mass is 10.0. The van der Waals surface area contributed by atoms with Crippen LogP contribution in [0, 0.1) is 17.6 Å². The van der Waals surface area contributed by atoms with Gasteiger partial charge in [0.15, 0.2) is 11.6 Å². The molecule has 1 fully saturated rings. The Hall–Kier alpha value is -1.00. The summed E-state index contributed by atoms with van der Waals surface area (Å²) < 4.78 is 25.9. The fraction of sp³-hybridized carbons (Fsp3) is 0.625. The molecule has 112 valence electrons. The molecule has 20 heavy (non-hydrogen) atoms. The molecule has 2 nitrogen and oxygen atoms in total. The second-order valence-corrected chi connectivity index (χ2v) is 6.10. The summed E-state index contributed by atoms with van der Waals surface area (Å²) >= 11 is 0. The zero-order chi connectivity index (χ0) is 14.5. The van der Waals surface area contributed by atoms with Crippen LogP contribution in [0.4, 0.5) is 8.78 Å². The van der Waals surface area contributed by atoms with Gasteiger partial charge in [0, 0.05) is 19.1 Å². The van der Waals surface area contributed by atoms with E-state index in [1.807, 2.05) is 0 Å². The van der Waals surface area contributed by atoms with Crippen molar-refractivity contribution >= 4 is 0 Å². The van der Waals surface area contributed by atoms with Crippen molar-refractivity contribution in [1.29, 1.82) is 0 Å². The summed E-state index contributed by atoms with van der Waals surface area (Å²) in [5, 5.41) is 3.44. The average molecular weight is 282 g/mol. The number of rotatable bonds is 5. The number of benzene rings is 1. The Labute approximate surface area is 120 Å². The first-order valence-corrected chi connectivity index (χ1v) is 7.44. The molecule has 1 N–H and O–H groups in total. The van der Waals surface area contributed by atoms with Crippen LogP contribution in [0.2, 0.25) is 0 Å². The third kappa shape index (κ3) is 4.53. The number of hydrogen-bond donors (Lipinski definition) is 1. The van der Waals surface area contributed by atoms with E-state index in [-0.39, 0.29) is 0 Å². The van der Waals surface area contributed by atoms with Crippen LogP contribution in [-0.4, -0.2) is 30.6 Å². The third-order valence-corrected chi connectivity index (χ3v) is 3.79. The molecule has 0 spiro atoms. The van der Waals surface area contributed by atoms with Crippen LogP contribution in [-0.2, 0) is 6.54 Å². The zero-order valence-corrected chi connectivity index (χ0v) is 12.3. The second kappa shape index (κ2) is 7.14. The molecule has 0 bridgehead atoms. The van der Waals surface area contributed by atoms with Crippen LogP contribution in [0.5, 0.6) is 0 Å². The predicted octanol–water partition coefficient (Wildman–Crippen LogP) is 3.17. The number of nitrogens with zero attached hydrogens (tertiary/aromatic N) is 1. The van der Waals surface area contributed by atoms with E-state index < -0.39 is 11.6 Å². The fourth-order valence-electron chi connectivity index (χ4n) is 2.75. The maximum Gasteiger partial charge on any atom is 0.159 e. The molecule has 4 heteroatoms. The van der Waals surface area contributed by atoms with Crippen molar-refractivity contribution in [2.75, 3.05) is 19.6 Å². The Kier molecular flexibility index (Phi) is 5.49. The Bertz CT molecular complexity index is 426. The molecule has 0 aromatic heterocycles. The number of nitrogens with one attached hydrogen (secondary N) is 1. The van der Waals surface area contributed by atoms with Crippen molar-refractivity contribution in [3.63, 3.8) is 0 Å². The molecule has 2 rings (SSSR count). The van der Waals surface area contributed by atoms with Crippen LogP contribution in [0.15, 0.2) is 18.2 Å². The summed E-state index contributed by atoms with van der Waals surface area (Å²) in [6, 6.07) is 4.58. The van der Waals surface area contributed by atoms with Crippen LogP contribution < -0.4 is 5.32 Å². The monoisotopic (exact) mass is 282 g/mol. The molecule has 0 saturated carbocycles. The molecule has 0 atom stereocenters.